The van der Waals surface area contributed by atoms with E-state index in [2.05, 4.69) is 20.3 Å². The van der Waals surface area contributed by atoms with Crippen LogP contribution in [0.4, 0.5) is 23.3 Å². The van der Waals surface area contributed by atoms with Gasteiger partial charge in [-0.1, -0.05) is 18.2 Å². The second kappa shape index (κ2) is 9.24. The van der Waals surface area contributed by atoms with Gasteiger partial charge in [-0.15, -0.1) is 0 Å². The lowest BCUT2D eigenvalue weighted by Gasteiger charge is -2.09. The molecular weight excluding hydrogens is 388 g/mol. The number of nitrogen functional groups attached to an aromatic ring is 1. The monoisotopic (exact) mass is 406 g/mol. The summed E-state index contributed by atoms with van der Waals surface area (Å²) in [5.74, 6) is -0.200. The van der Waals surface area contributed by atoms with Crippen LogP contribution in [0.25, 0.3) is 6.08 Å². The summed E-state index contributed by atoms with van der Waals surface area (Å²) >= 11 is 0. The molecule has 0 radical (unpaired) electrons. The second-order valence-electron chi connectivity index (χ2n) is 6.16. The van der Waals surface area contributed by atoms with Gasteiger partial charge in [0.2, 0.25) is 11.9 Å². The zero-order valence-corrected chi connectivity index (χ0v) is 16.0. The van der Waals surface area contributed by atoms with Gasteiger partial charge in [-0.05, 0) is 42.3 Å². The van der Waals surface area contributed by atoms with E-state index in [0.29, 0.717) is 5.56 Å². The molecule has 1 aromatic heterocycles. The molecule has 0 spiro atoms. The number of esters is 1. The zero-order chi connectivity index (χ0) is 21.5. The average molecular weight is 406 g/mol. The number of hydrogen-bond donors (Lipinski definition) is 2. The van der Waals surface area contributed by atoms with E-state index in [9.17, 15) is 14.9 Å². The summed E-state index contributed by atoms with van der Waals surface area (Å²) in [7, 11) is 0. The molecule has 0 fully saturated rings. The summed E-state index contributed by atoms with van der Waals surface area (Å²) in [5, 5.41) is 13.7. The standard InChI is InChI=1S/C20H18N6O4/c1-13-4-2-3-5-16(13)22-20-24-17(23-19(21)25-20)12-30-18(27)11-8-14-6-9-15(10-7-14)26(28)29/h2-11H,12H2,1H3,(H3,21,22,23,24,25)/b11-8+. The predicted octanol–water partition coefficient (Wildman–Crippen LogP) is 3.17. The molecule has 10 nitrogen and oxygen atoms in total. The van der Waals surface area contributed by atoms with Gasteiger partial charge in [0.1, 0.15) is 0 Å². The fraction of sp³-hybridized carbons (Fsp3) is 0.100. The number of nitrogens with one attached hydrogen (secondary N) is 1. The van der Waals surface area contributed by atoms with Crippen LogP contribution in [0.2, 0.25) is 0 Å². The van der Waals surface area contributed by atoms with Crippen molar-refractivity contribution in [3.05, 3.63) is 81.7 Å². The first-order valence-corrected chi connectivity index (χ1v) is 8.83. The second-order valence-corrected chi connectivity index (χ2v) is 6.16. The van der Waals surface area contributed by atoms with Gasteiger partial charge >= 0.3 is 5.97 Å². The zero-order valence-electron chi connectivity index (χ0n) is 16.0. The Hall–Kier alpha value is -4.34. The van der Waals surface area contributed by atoms with Crippen LogP contribution in [-0.4, -0.2) is 25.8 Å². The first kappa shape index (κ1) is 20.4. The summed E-state index contributed by atoms with van der Waals surface area (Å²) in [4.78, 5) is 34.3. The number of nitrogens with zero attached hydrogens (tertiary/aromatic N) is 4. The summed E-state index contributed by atoms with van der Waals surface area (Å²) in [6.07, 6.45) is 2.69. The van der Waals surface area contributed by atoms with E-state index in [1.807, 2.05) is 31.2 Å². The van der Waals surface area contributed by atoms with Crippen molar-refractivity contribution in [3.63, 3.8) is 0 Å². The third-order valence-electron chi connectivity index (χ3n) is 3.95. The molecule has 30 heavy (non-hydrogen) atoms. The van der Waals surface area contributed by atoms with Crippen molar-refractivity contribution in [1.29, 1.82) is 0 Å². The molecule has 2 aromatic carbocycles. The summed E-state index contributed by atoms with van der Waals surface area (Å²) < 4.78 is 5.13. The maximum atomic E-state index is 11.9. The molecule has 0 bridgehead atoms. The Morgan fingerprint density at radius 3 is 2.60 bits per heavy atom. The van der Waals surface area contributed by atoms with Crippen LogP contribution in [0.3, 0.4) is 0 Å². The van der Waals surface area contributed by atoms with E-state index < -0.39 is 10.9 Å². The number of non-ortho nitro benzene ring substituents is 1. The van der Waals surface area contributed by atoms with Crippen LogP contribution in [-0.2, 0) is 16.1 Å². The highest BCUT2D eigenvalue weighted by Gasteiger charge is 2.08. The number of nitro groups is 1. The minimum absolute atomic E-state index is 0.00597. The van der Waals surface area contributed by atoms with E-state index in [1.165, 1.54) is 36.4 Å². The van der Waals surface area contributed by atoms with Gasteiger partial charge in [0.05, 0.1) is 4.92 Å². The molecule has 0 unspecified atom stereocenters. The molecule has 1 heterocycles. The fourth-order valence-corrected chi connectivity index (χ4v) is 2.45. The number of benzene rings is 2. The quantitative estimate of drug-likeness (QED) is 0.261. The Labute approximate surface area is 171 Å². The van der Waals surface area contributed by atoms with Crippen molar-refractivity contribution in [2.24, 2.45) is 0 Å². The van der Waals surface area contributed by atoms with Crippen molar-refractivity contribution in [3.8, 4) is 0 Å². The third kappa shape index (κ3) is 5.58. The predicted molar refractivity (Wildman–Crippen MR) is 111 cm³/mol. The lowest BCUT2D eigenvalue weighted by molar-refractivity contribution is -0.384. The molecule has 3 aromatic rings. The molecule has 0 aliphatic heterocycles. The molecule has 10 heteroatoms. The van der Waals surface area contributed by atoms with Crippen molar-refractivity contribution in [2.75, 3.05) is 11.1 Å². The molecule has 3 N–H and O–H groups in total. The number of ether oxygens (including phenoxy) is 1. The van der Waals surface area contributed by atoms with Crippen LogP contribution >= 0.6 is 0 Å². The van der Waals surface area contributed by atoms with Crippen molar-refractivity contribution < 1.29 is 14.5 Å². The van der Waals surface area contributed by atoms with E-state index in [-0.39, 0.29) is 30.0 Å². The minimum atomic E-state index is -0.624. The smallest absolute Gasteiger partial charge is 0.331 e. The maximum absolute atomic E-state index is 11.9. The Bertz CT molecular complexity index is 1100. The highest BCUT2D eigenvalue weighted by molar-refractivity contribution is 5.87. The molecule has 0 aliphatic carbocycles. The van der Waals surface area contributed by atoms with Crippen LogP contribution in [0.5, 0.6) is 0 Å². The molecular formula is C20H18N6O4. The average Bonchev–Trinajstić information content (AvgIpc) is 2.72. The Morgan fingerprint density at radius 1 is 1.17 bits per heavy atom. The third-order valence-corrected chi connectivity index (χ3v) is 3.95. The van der Waals surface area contributed by atoms with Gasteiger partial charge in [0, 0.05) is 23.9 Å². The number of nitro benzene ring substituents is 1. The number of hydrogen-bond acceptors (Lipinski definition) is 9. The first-order chi connectivity index (χ1) is 14.4. The number of para-hydroxylation sites is 1. The largest absolute Gasteiger partial charge is 0.454 e. The van der Waals surface area contributed by atoms with Crippen LogP contribution in [0.15, 0.2) is 54.6 Å². The van der Waals surface area contributed by atoms with Gasteiger partial charge in [0.25, 0.3) is 5.69 Å². The summed E-state index contributed by atoms with van der Waals surface area (Å²) in [6, 6.07) is 13.3. The molecule has 0 amide bonds. The number of carbonyl (C=O) groups excluding carboxylic acids is 1. The van der Waals surface area contributed by atoms with E-state index >= 15 is 0 Å². The van der Waals surface area contributed by atoms with Crippen LogP contribution < -0.4 is 11.1 Å². The van der Waals surface area contributed by atoms with Gasteiger partial charge in [-0.2, -0.15) is 15.0 Å². The number of anilines is 3. The Morgan fingerprint density at radius 2 is 1.90 bits per heavy atom. The molecule has 152 valence electrons. The number of aryl methyl sites for hydroxylation is 1. The van der Waals surface area contributed by atoms with E-state index in [0.717, 1.165) is 11.3 Å². The van der Waals surface area contributed by atoms with E-state index in [1.54, 1.807) is 0 Å². The maximum Gasteiger partial charge on any atom is 0.331 e. The first-order valence-electron chi connectivity index (χ1n) is 8.83. The van der Waals surface area contributed by atoms with Gasteiger partial charge in [-0.3, -0.25) is 10.1 Å². The lowest BCUT2D eigenvalue weighted by Crippen LogP contribution is -2.10. The van der Waals surface area contributed by atoms with Crippen molar-refractivity contribution in [1.82, 2.24) is 15.0 Å². The number of aromatic nitrogens is 3. The lowest BCUT2D eigenvalue weighted by atomic mass is 10.2. The Balaban J connectivity index is 1.61. The van der Waals surface area contributed by atoms with Gasteiger partial charge < -0.3 is 15.8 Å². The number of nitrogens with two attached hydrogens (primary N) is 1. The van der Waals surface area contributed by atoms with Crippen LogP contribution in [0, 0.1) is 17.0 Å². The Kier molecular flexibility index (Phi) is 6.28. The fourth-order valence-electron chi connectivity index (χ4n) is 2.45. The minimum Gasteiger partial charge on any atom is -0.454 e. The highest BCUT2D eigenvalue weighted by atomic mass is 16.6. The molecule has 0 atom stereocenters. The number of rotatable bonds is 7. The van der Waals surface area contributed by atoms with Crippen molar-refractivity contribution >= 4 is 35.3 Å². The molecule has 0 saturated heterocycles. The SMILES string of the molecule is Cc1ccccc1Nc1nc(N)nc(COC(=O)/C=C/c2ccc([N+](=O)[O-])cc2)n1. The van der Waals surface area contributed by atoms with Crippen LogP contribution in [0.1, 0.15) is 17.0 Å². The molecule has 3 rings (SSSR count). The summed E-state index contributed by atoms with van der Waals surface area (Å²) in [6.45, 7) is 1.74. The number of carbonyl (C=O) groups is 1. The highest BCUT2D eigenvalue weighted by Crippen LogP contribution is 2.18. The molecule has 0 saturated carbocycles. The van der Waals surface area contributed by atoms with Gasteiger partial charge in [-0.25, -0.2) is 4.79 Å². The summed E-state index contributed by atoms with van der Waals surface area (Å²) in [5.41, 5.74) is 8.13. The van der Waals surface area contributed by atoms with Gasteiger partial charge in [0.15, 0.2) is 12.4 Å². The topological polar surface area (TPSA) is 146 Å². The van der Waals surface area contributed by atoms with E-state index in [4.69, 9.17) is 10.5 Å². The van der Waals surface area contributed by atoms with Crippen molar-refractivity contribution in [2.45, 2.75) is 13.5 Å². The normalized spacial score (nSPS) is 10.7. The molecule has 0 aliphatic rings.